The lowest BCUT2D eigenvalue weighted by molar-refractivity contribution is -0.154. The molecule has 0 spiro atoms. The number of esters is 1. The fourth-order valence-corrected chi connectivity index (χ4v) is 2.15. The van der Waals surface area contributed by atoms with E-state index in [0.717, 1.165) is 19.4 Å². The van der Waals surface area contributed by atoms with E-state index in [9.17, 15) is 9.59 Å². The van der Waals surface area contributed by atoms with Gasteiger partial charge in [-0.15, -0.1) is 0 Å². The average molecular weight is 356 g/mol. The Morgan fingerprint density at radius 2 is 2.00 bits per heavy atom. The number of rotatable bonds is 7. The molecule has 1 fully saturated rings. The molecule has 25 heavy (non-hydrogen) atoms. The van der Waals surface area contributed by atoms with Gasteiger partial charge in [-0.25, -0.2) is 4.99 Å². The highest BCUT2D eigenvalue weighted by Crippen LogP contribution is 2.10. The number of guanidine groups is 1. The van der Waals surface area contributed by atoms with E-state index >= 15 is 0 Å². The first-order valence-electron chi connectivity index (χ1n) is 8.73. The highest BCUT2D eigenvalue weighted by atomic mass is 16.6. The zero-order chi connectivity index (χ0) is 18.9. The predicted octanol–water partition coefficient (Wildman–Crippen LogP) is 0.521. The number of aliphatic imine (C=N–C) groups is 1. The number of amides is 1. The summed E-state index contributed by atoms with van der Waals surface area (Å²) in [7, 11) is 3.38. The molecule has 2 N–H and O–H groups in total. The van der Waals surface area contributed by atoms with Crippen LogP contribution >= 0.6 is 0 Å². The molecule has 0 aromatic carbocycles. The third-order valence-corrected chi connectivity index (χ3v) is 3.43. The maximum absolute atomic E-state index is 11.8. The van der Waals surface area contributed by atoms with Crippen LogP contribution in [0.4, 0.5) is 0 Å². The molecule has 1 atom stereocenters. The lowest BCUT2D eigenvalue weighted by atomic mass is 10.2. The minimum atomic E-state index is -0.496. The van der Waals surface area contributed by atoms with Crippen LogP contribution in [0.5, 0.6) is 0 Å². The van der Waals surface area contributed by atoms with Gasteiger partial charge in [0.15, 0.2) is 5.96 Å². The van der Waals surface area contributed by atoms with Gasteiger partial charge in [0.25, 0.3) is 0 Å². The van der Waals surface area contributed by atoms with E-state index in [1.807, 2.05) is 20.8 Å². The molecule has 0 aromatic rings. The molecule has 1 amide bonds. The Bertz CT molecular complexity index is 466. The summed E-state index contributed by atoms with van der Waals surface area (Å²) in [4.78, 5) is 29.2. The number of carbonyl (C=O) groups is 2. The molecule has 0 bridgehead atoms. The number of hydrogen-bond acceptors (Lipinski definition) is 5. The number of hydrogen-bond donors (Lipinski definition) is 2. The molecular formula is C17H32N4O4. The van der Waals surface area contributed by atoms with Crippen molar-refractivity contribution in [3.63, 3.8) is 0 Å². The molecule has 0 saturated carbocycles. The first kappa shape index (κ1) is 21.2. The maximum Gasteiger partial charge on any atom is 0.308 e. The van der Waals surface area contributed by atoms with Gasteiger partial charge in [-0.05, 0) is 33.6 Å². The monoisotopic (exact) mass is 356 g/mol. The van der Waals surface area contributed by atoms with Gasteiger partial charge in [-0.1, -0.05) is 0 Å². The molecule has 1 rings (SSSR count). The van der Waals surface area contributed by atoms with Crippen LogP contribution in [-0.2, 0) is 19.1 Å². The van der Waals surface area contributed by atoms with Crippen molar-refractivity contribution in [2.75, 3.05) is 40.3 Å². The van der Waals surface area contributed by atoms with Crippen LogP contribution in [0.2, 0.25) is 0 Å². The van der Waals surface area contributed by atoms with Crippen molar-refractivity contribution in [2.24, 2.45) is 4.99 Å². The van der Waals surface area contributed by atoms with Crippen molar-refractivity contribution in [2.45, 2.75) is 51.7 Å². The minimum absolute atomic E-state index is 0.0420. The number of nitrogens with one attached hydrogen (secondary N) is 2. The van der Waals surface area contributed by atoms with Crippen molar-refractivity contribution in [1.29, 1.82) is 0 Å². The zero-order valence-corrected chi connectivity index (χ0v) is 16.1. The maximum atomic E-state index is 11.8. The van der Waals surface area contributed by atoms with Gasteiger partial charge >= 0.3 is 5.97 Å². The second kappa shape index (κ2) is 10.2. The fourth-order valence-electron chi connectivity index (χ4n) is 2.15. The molecule has 1 saturated heterocycles. The largest absolute Gasteiger partial charge is 0.460 e. The highest BCUT2D eigenvalue weighted by molar-refractivity contribution is 5.85. The van der Waals surface area contributed by atoms with E-state index in [1.54, 1.807) is 14.1 Å². The van der Waals surface area contributed by atoms with Gasteiger partial charge in [0, 0.05) is 33.8 Å². The summed E-state index contributed by atoms with van der Waals surface area (Å²) in [6, 6.07) is 0. The minimum Gasteiger partial charge on any atom is -0.460 e. The summed E-state index contributed by atoms with van der Waals surface area (Å²) in [6.45, 7) is 7.32. The number of carbonyl (C=O) groups excluding carboxylic acids is 2. The van der Waals surface area contributed by atoms with Gasteiger partial charge in [0.2, 0.25) is 5.91 Å². The van der Waals surface area contributed by atoms with Crippen molar-refractivity contribution in [1.82, 2.24) is 15.5 Å². The summed E-state index contributed by atoms with van der Waals surface area (Å²) >= 11 is 0. The summed E-state index contributed by atoms with van der Waals surface area (Å²) in [5.74, 6) is 0.127. The lowest BCUT2D eigenvalue weighted by Gasteiger charge is -2.20. The van der Waals surface area contributed by atoms with Gasteiger partial charge in [-0.3, -0.25) is 9.59 Å². The van der Waals surface area contributed by atoms with Crippen LogP contribution in [0.1, 0.15) is 40.0 Å². The molecule has 1 aliphatic rings. The molecule has 8 nitrogen and oxygen atoms in total. The predicted molar refractivity (Wildman–Crippen MR) is 96.4 cm³/mol. The zero-order valence-electron chi connectivity index (χ0n) is 16.1. The Balaban J connectivity index is 2.47. The van der Waals surface area contributed by atoms with Gasteiger partial charge in [0.1, 0.15) is 12.1 Å². The molecule has 1 unspecified atom stereocenters. The van der Waals surface area contributed by atoms with E-state index in [4.69, 9.17) is 9.47 Å². The van der Waals surface area contributed by atoms with E-state index in [2.05, 4.69) is 15.6 Å². The Hall–Kier alpha value is -1.83. The third-order valence-electron chi connectivity index (χ3n) is 3.43. The van der Waals surface area contributed by atoms with E-state index in [1.165, 1.54) is 4.90 Å². The normalized spacial score (nSPS) is 18.0. The van der Waals surface area contributed by atoms with Crippen molar-refractivity contribution < 1.29 is 19.1 Å². The van der Waals surface area contributed by atoms with Crippen LogP contribution in [0, 0.1) is 0 Å². The molecule has 1 aliphatic heterocycles. The van der Waals surface area contributed by atoms with Gasteiger partial charge in [-0.2, -0.15) is 0 Å². The van der Waals surface area contributed by atoms with E-state index in [0.29, 0.717) is 19.0 Å². The average Bonchev–Trinajstić information content (AvgIpc) is 3.00. The molecule has 0 radical (unpaired) electrons. The second-order valence-electron chi connectivity index (χ2n) is 7.23. The van der Waals surface area contributed by atoms with Crippen molar-refractivity contribution in [3.8, 4) is 0 Å². The summed E-state index contributed by atoms with van der Waals surface area (Å²) < 4.78 is 10.8. The Kier molecular flexibility index (Phi) is 8.68. The molecule has 1 heterocycles. The molecule has 0 aromatic heterocycles. The van der Waals surface area contributed by atoms with Crippen LogP contribution < -0.4 is 10.6 Å². The van der Waals surface area contributed by atoms with Crippen LogP contribution in [-0.4, -0.2) is 74.8 Å². The van der Waals surface area contributed by atoms with Crippen molar-refractivity contribution >= 4 is 17.8 Å². The number of ether oxygens (including phenoxy) is 2. The van der Waals surface area contributed by atoms with Crippen LogP contribution in [0.15, 0.2) is 4.99 Å². The lowest BCUT2D eigenvalue weighted by Crippen LogP contribution is -2.42. The van der Waals surface area contributed by atoms with Gasteiger partial charge < -0.3 is 25.0 Å². The van der Waals surface area contributed by atoms with E-state index in [-0.39, 0.29) is 30.9 Å². The molecule has 144 valence electrons. The summed E-state index contributed by atoms with van der Waals surface area (Å²) in [5, 5.41) is 6.24. The van der Waals surface area contributed by atoms with E-state index < -0.39 is 5.60 Å². The standard InChI is InChI=1S/C17H32N4O4/c1-17(2,3)25-15(23)8-9-18-16(20-12-14(22)21(4)5)19-11-13-7-6-10-24-13/h13H,6-12H2,1-5H3,(H2,18,19,20). The topological polar surface area (TPSA) is 92.3 Å². The molecular weight excluding hydrogens is 324 g/mol. The SMILES string of the molecule is CN(C)C(=O)CN=C(NCCC(=O)OC(C)(C)C)NCC1CCCO1. The third kappa shape index (κ3) is 9.91. The Morgan fingerprint density at radius 1 is 1.28 bits per heavy atom. The number of likely N-dealkylation sites (N-methyl/N-ethyl adjacent to an activating group) is 1. The Morgan fingerprint density at radius 3 is 2.56 bits per heavy atom. The first-order chi connectivity index (χ1) is 11.7. The van der Waals surface area contributed by atoms with Gasteiger partial charge in [0.05, 0.1) is 12.5 Å². The van der Waals surface area contributed by atoms with Crippen molar-refractivity contribution in [3.05, 3.63) is 0 Å². The quantitative estimate of drug-likeness (QED) is 0.393. The van der Waals surface area contributed by atoms with Crippen LogP contribution in [0.3, 0.4) is 0 Å². The molecule has 0 aliphatic carbocycles. The van der Waals surface area contributed by atoms with Crippen LogP contribution in [0.25, 0.3) is 0 Å². The second-order valence-corrected chi connectivity index (χ2v) is 7.23. The fraction of sp³-hybridized carbons (Fsp3) is 0.824. The first-order valence-corrected chi connectivity index (χ1v) is 8.73. The molecule has 8 heteroatoms. The number of nitrogens with zero attached hydrogens (tertiary/aromatic N) is 2. The summed E-state index contributed by atoms with van der Waals surface area (Å²) in [5.41, 5.74) is -0.496. The smallest absolute Gasteiger partial charge is 0.308 e. The highest BCUT2D eigenvalue weighted by Gasteiger charge is 2.17. The summed E-state index contributed by atoms with van der Waals surface area (Å²) in [6.07, 6.45) is 2.45. The Labute approximate surface area is 150 Å².